The van der Waals surface area contributed by atoms with Crippen LogP contribution in [0.3, 0.4) is 0 Å². The molecule has 7 nitrogen and oxygen atoms in total. The zero-order valence-electron chi connectivity index (χ0n) is 13.0. The number of rotatable bonds is 4. The molecule has 2 atom stereocenters. The molecule has 0 spiro atoms. The van der Waals surface area contributed by atoms with Crippen molar-refractivity contribution in [1.29, 1.82) is 0 Å². The first kappa shape index (κ1) is 14.4. The number of anilines is 1. The van der Waals surface area contributed by atoms with Crippen molar-refractivity contribution < 1.29 is 9.59 Å². The Labute approximate surface area is 135 Å². The molecule has 1 saturated heterocycles. The van der Waals surface area contributed by atoms with Crippen LogP contribution in [-0.4, -0.2) is 58.9 Å². The van der Waals surface area contributed by atoms with Gasteiger partial charge in [-0.05, 0) is 25.3 Å². The minimum absolute atomic E-state index is 0.0715. The Balaban J connectivity index is 1.27. The molecule has 2 heterocycles. The van der Waals surface area contributed by atoms with E-state index in [-0.39, 0.29) is 23.7 Å². The standard InChI is InChI=1S/C16H21N5O2/c22-14(19-11-2-3-11)12-10-13(12)15(23)20-6-8-21(9-7-20)16-17-4-1-5-18-16/h1,4-5,11-13H,2-3,6-10H2,(H,19,22). The van der Waals surface area contributed by atoms with Gasteiger partial charge in [-0.3, -0.25) is 9.59 Å². The fraction of sp³-hybridized carbons (Fsp3) is 0.625. The van der Waals surface area contributed by atoms with Gasteiger partial charge in [-0.25, -0.2) is 9.97 Å². The fourth-order valence-electron chi connectivity index (χ4n) is 3.11. The van der Waals surface area contributed by atoms with Gasteiger partial charge in [0.25, 0.3) is 0 Å². The molecule has 1 aromatic heterocycles. The largest absolute Gasteiger partial charge is 0.353 e. The molecule has 2 amide bonds. The van der Waals surface area contributed by atoms with Crippen molar-refractivity contribution in [2.24, 2.45) is 11.8 Å². The molecule has 2 saturated carbocycles. The van der Waals surface area contributed by atoms with E-state index in [1.54, 1.807) is 18.5 Å². The van der Waals surface area contributed by atoms with Crippen LogP contribution in [0.25, 0.3) is 0 Å². The van der Waals surface area contributed by atoms with Crippen molar-refractivity contribution >= 4 is 17.8 Å². The lowest BCUT2D eigenvalue weighted by Crippen LogP contribution is -2.50. The van der Waals surface area contributed by atoms with Crippen molar-refractivity contribution in [1.82, 2.24) is 20.2 Å². The molecule has 1 N–H and O–H groups in total. The van der Waals surface area contributed by atoms with Crippen LogP contribution < -0.4 is 10.2 Å². The lowest BCUT2D eigenvalue weighted by molar-refractivity contribution is -0.135. The molecule has 3 fully saturated rings. The monoisotopic (exact) mass is 315 g/mol. The highest BCUT2D eigenvalue weighted by Gasteiger charge is 2.50. The summed E-state index contributed by atoms with van der Waals surface area (Å²) in [6, 6.07) is 2.16. The van der Waals surface area contributed by atoms with Crippen LogP contribution in [0.4, 0.5) is 5.95 Å². The Morgan fingerprint density at radius 2 is 1.74 bits per heavy atom. The summed E-state index contributed by atoms with van der Waals surface area (Å²) in [5, 5.41) is 3.00. The van der Waals surface area contributed by atoms with E-state index < -0.39 is 0 Å². The number of carbonyl (C=O) groups excluding carboxylic acids is 2. The van der Waals surface area contributed by atoms with Crippen LogP contribution in [0, 0.1) is 11.8 Å². The van der Waals surface area contributed by atoms with Crippen LogP contribution >= 0.6 is 0 Å². The van der Waals surface area contributed by atoms with Crippen molar-refractivity contribution in [2.75, 3.05) is 31.1 Å². The van der Waals surface area contributed by atoms with Crippen LogP contribution in [0.2, 0.25) is 0 Å². The van der Waals surface area contributed by atoms with Gasteiger partial charge in [0.15, 0.2) is 0 Å². The van der Waals surface area contributed by atoms with Gasteiger partial charge in [0.1, 0.15) is 0 Å². The minimum Gasteiger partial charge on any atom is -0.353 e. The number of nitrogens with zero attached hydrogens (tertiary/aromatic N) is 4. The van der Waals surface area contributed by atoms with Crippen molar-refractivity contribution in [2.45, 2.75) is 25.3 Å². The molecule has 3 aliphatic rings. The van der Waals surface area contributed by atoms with E-state index in [0.717, 1.165) is 25.9 Å². The molecular weight excluding hydrogens is 294 g/mol. The molecule has 122 valence electrons. The van der Waals surface area contributed by atoms with Crippen LogP contribution in [0.5, 0.6) is 0 Å². The number of aromatic nitrogens is 2. The van der Waals surface area contributed by atoms with E-state index in [4.69, 9.17) is 0 Å². The van der Waals surface area contributed by atoms with Crippen LogP contribution in [-0.2, 0) is 9.59 Å². The summed E-state index contributed by atoms with van der Waals surface area (Å²) in [7, 11) is 0. The maximum absolute atomic E-state index is 12.5. The number of hydrogen-bond acceptors (Lipinski definition) is 5. The number of hydrogen-bond donors (Lipinski definition) is 1. The first-order valence-electron chi connectivity index (χ1n) is 8.33. The van der Waals surface area contributed by atoms with Crippen molar-refractivity contribution in [3.63, 3.8) is 0 Å². The van der Waals surface area contributed by atoms with E-state index in [0.29, 0.717) is 31.5 Å². The summed E-state index contributed by atoms with van der Waals surface area (Å²) in [4.78, 5) is 37.0. The molecule has 1 aromatic rings. The molecular formula is C16H21N5O2. The summed E-state index contributed by atoms with van der Waals surface area (Å²) in [5.41, 5.74) is 0. The highest BCUT2D eigenvalue weighted by atomic mass is 16.2. The average Bonchev–Trinajstić information content (AvgIpc) is 3.49. The van der Waals surface area contributed by atoms with E-state index in [1.165, 1.54) is 0 Å². The Bertz CT molecular complexity index is 596. The maximum Gasteiger partial charge on any atom is 0.226 e. The minimum atomic E-state index is -0.103. The maximum atomic E-state index is 12.5. The summed E-state index contributed by atoms with van der Waals surface area (Å²) in [5.74, 6) is 0.719. The Morgan fingerprint density at radius 1 is 1.04 bits per heavy atom. The van der Waals surface area contributed by atoms with Gasteiger partial charge in [-0.15, -0.1) is 0 Å². The second-order valence-electron chi connectivity index (χ2n) is 6.59. The fourth-order valence-corrected chi connectivity index (χ4v) is 3.11. The third-order valence-corrected chi connectivity index (χ3v) is 4.79. The van der Waals surface area contributed by atoms with Gasteiger partial charge in [0.05, 0.1) is 11.8 Å². The zero-order chi connectivity index (χ0) is 15.8. The summed E-state index contributed by atoms with van der Waals surface area (Å²) >= 11 is 0. The van der Waals surface area contributed by atoms with E-state index in [9.17, 15) is 9.59 Å². The number of carbonyl (C=O) groups is 2. The molecule has 2 unspecified atom stereocenters. The normalized spacial score (nSPS) is 26.8. The summed E-state index contributed by atoms with van der Waals surface area (Å²) in [6.07, 6.45) is 6.33. The SMILES string of the molecule is O=C(NC1CC1)C1CC1C(=O)N1CCN(c2ncccn2)CC1. The predicted molar refractivity (Wildman–Crippen MR) is 83.6 cm³/mol. The third kappa shape index (κ3) is 3.13. The van der Waals surface area contributed by atoms with E-state index >= 15 is 0 Å². The van der Waals surface area contributed by atoms with Gasteiger partial charge in [0, 0.05) is 44.6 Å². The van der Waals surface area contributed by atoms with Crippen LogP contribution in [0.15, 0.2) is 18.5 Å². The van der Waals surface area contributed by atoms with Crippen LogP contribution in [0.1, 0.15) is 19.3 Å². The second kappa shape index (κ2) is 5.79. The Hall–Kier alpha value is -2.18. The van der Waals surface area contributed by atoms with Gasteiger partial charge >= 0.3 is 0 Å². The zero-order valence-corrected chi connectivity index (χ0v) is 13.0. The van der Waals surface area contributed by atoms with Gasteiger partial charge in [-0.2, -0.15) is 0 Å². The van der Waals surface area contributed by atoms with E-state index in [1.807, 2.05) is 4.90 Å². The topological polar surface area (TPSA) is 78.4 Å². The molecule has 1 aliphatic heterocycles. The van der Waals surface area contributed by atoms with E-state index in [2.05, 4.69) is 20.2 Å². The smallest absolute Gasteiger partial charge is 0.226 e. The average molecular weight is 315 g/mol. The third-order valence-electron chi connectivity index (χ3n) is 4.79. The first-order chi connectivity index (χ1) is 11.2. The quantitative estimate of drug-likeness (QED) is 0.849. The van der Waals surface area contributed by atoms with Gasteiger partial charge in [0.2, 0.25) is 17.8 Å². The summed E-state index contributed by atoms with van der Waals surface area (Å²) in [6.45, 7) is 2.82. The van der Waals surface area contributed by atoms with Gasteiger partial charge < -0.3 is 15.1 Å². The Morgan fingerprint density at radius 3 is 2.39 bits per heavy atom. The summed E-state index contributed by atoms with van der Waals surface area (Å²) < 4.78 is 0. The highest BCUT2D eigenvalue weighted by molar-refractivity contribution is 5.92. The molecule has 0 radical (unpaired) electrons. The van der Waals surface area contributed by atoms with Crippen molar-refractivity contribution in [3.8, 4) is 0 Å². The molecule has 0 aromatic carbocycles. The Kier molecular flexibility index (Phi) is 3.63. The number of nitrogens with one attached hydrogen (secondary N) is 1. The predicted octanol–water partition coefficient (Wildman–Crippen LogP) is 0.0399. The highest BCUT2D eigenvalue weighted by Crippen LogP contribution is 2.41. The first-order valence-corrected chi connectivity index (χ1v) is 8.33. The van der Waals surface area contributed by atoms with Crippen molar-refractivity contribution in [3.05, 3.63) is 18.5 Å². The lowest BCUT2D eigenvalue weighted by Gasteiger charge is -2.34. The number of amides is 2. The second-order valence-corrected chi connectivity index (χ2v) is 6.59. The molecule has 7 heteroatoms. The number of piperazine rings is 1. The molecule has 4 rings (SSSR count). The lowest BCUT2D eigenvalue weighted by atomic mass is 10.2. The molecule has 23 heavy (non-hydrogen) atoms. The molecule has 0 bridgehead atoms. The molecule has 2 aliphatic carbocycles. The van der Waals surface area contributed by atoms with Gasteiger partial charge in [-0.1, -0.05) is 0 Å².